The fourth-order valence-electron chi connectivity index (χ4n) is 3.10. The first kappa shape index (κ1) is 13.9. The molecule has 0 radical (unpaired) electrons. The topological polar surface area (TPSA) is 78.8 Å². The second kappa shape index (κ2) is 5.35. The number of benzene rings is 1. The van der Waals surface area contributed by atoms with Crippen LogP contribution in [0.5, 0.6) is 5.75 Å². The molecule has 0 atom stereocenters. The molecule has 1 aliphatic rings. The van der Waals surface area contributed by atoms with Gasteiger partial charge < -0.3 is 10.5 Å². The summed E-state index contributed by atoms with van der Waals surface area (Å²) >= 11 is 0. The van der Waals surface area contributed by atoms with E-state index in [0.717, 1.165) is 30.0 Å². The number of nitrogens with two attached hydrogens (primary N) is 1. The molecule has 0 saturated heterocycles. The summed E-state index contributed by atoms with van der Waals surface area (Å²) in [7, 11) is 1.64. The Bertz CT molecular complexity index is 631. The van der Waals surface area contributed by atoms with Gasteiger partial charge in [-0.25, -0.2) is 4.68 Å². The largest absolute Gasteiger partial charge is 0.497 e. The van der Waals surface area contributed by atoms with Gasteiger partial charge in [0.2, 0.25) is 0 Å². The van der Waals surface area contributed by atoms with Gasteiger partial charge in [0, 0.05) is 11.3 Å². The molecule has 1 saturated carbocycles. The quantitative estimate of drug-likeness (QED) is 0.878. The second-order valence-electron chi connectivity index (χ2n) is 5.93. The van der Waals surface area contributed by atoms with Crippen molar-refractivity contribution in [3.05, 3.63) is 18.2 Å². The summed E-state index contributed by atoms with van der Waals surface area (Å²) in [4.78, 5) is 0. The predicted octanol–water partition coefficient (Wildman–Crippen LogP) is 2.61. The summed E-state index contributed by atoms with van der Waals surface area (Å²) in [5.41, 5.74) is 7.56. The smallest absolute Gasteiger partial charge is 0.184 e. The number of nitrogen functional groups attached to an aromatic ring is 1. The number of anilines is 1. The Morgan fingerprint density at radius 2 is 2.00 bits per heavy atom. The van der Waals surface area contributed by atoms with Gasteiger partial charge in [-0.1, -0.05) is 19.3 Å². The number of hydrogen-bond acceptors (Lipinski definition) is 5. The predicted molar refractivity (Wildman–Crippen MR) is 81.0 cm³/mol. The van der Waals surface area contributed by atoms with Gasteiger partial charge in [-0.05, 0) is 48.4 Å². The Morgan fingerprint density at radius 3 is 2.71 bits per heavy atom. The maximum atomic E-state index is 6.11. The third kappa shape index (κ3) is 2.46. The van der Waals surface area contributed by atoms with Crippen LogP contribution in [0, 0.1) is 0 Å². The van der Waals surface area contributed by atoms with Gasteiger partial charge in [0.15, 0.2) is 5.82 Å². The van der Waals surface area contributed by atoms with E-state index in [-0.39, 0.29) is 5.54 Å². The number of methoxy groups -OCH3 is 1. The lowest BCUT2D eigenvalue weighted by Crippen LogP contribution is -2.34. The third-order valence-corrected chi connectivity index (χ3v) is 4.41. The van der Waals surface area contributed by atoms with Gasteiger partial charge in [-0.15, -0.1) is 5.10 Å². The van der Waals surface area contributed by atoms with Crippen LogP contribution in [0.4, 0.5) is 5.69 Å². The molecular formula is C15H21N5O. The Balaban J connectivity index is 2.06. The number of nitrogens with zero attached hydrogens (tertiary/aromatic N) is 4. The maximum Gasteiger partial charge on any atom is 0.184 e. The van der Waals surface area contributed by atoms with Crippen molar-refractivity contribution in [2.24, 2.45) is 0 Å². The molecule has 112 valence electrons. The maximum absolute atomic E-state index is 6.11. The highest BCUT2D eigenvalue weighted by atomic mass is 16.5. The van der Waals surface area contributed by atoms with E-state index in [4.69, 9.17) is 10.5 Å². The van der Waals surface area contributed by atoms with Crippen molar-refractivity contribution in [3.8, 4) is 17.1 Å². The van der Waals surface area contributed by atoms with E-state index in [1.807, 2.05) is 22.9 Å². The molecule has 1 aromatic carbocycles. The highest BCUT2D eigenvalue weighted by Crippen LogP contribution is 2.37. The molecule has 2 N–H and O–H groups in total. The van der Waals surface area contributed by atoms with Crippen molar-refractivity contribution in [1.29, 1.82) is 0 Å². The van der Waals surface area contributed by atoms with E-state index in [2.05, 4.69) is 22.4 Å². The lowest BCUT2D eigenvalue weighted by molar-refractivity contribution is 0.197. The average Bonchev–Trinajstić information content (AvgIpc) is 2.99. The van der Waals surface area contributed by atoms with Crippen LogP contribution in [0.2, 0.25) is 0 Å². The summed E-state index contributed by atoms with van der Waals surface area (Å²) in [5, 5.41) is 12.3. The summed E-state index contributed by atoms with van der Waals surface area (Å²) in [6.07, 6.45) is 5.89. The van der Waals surface area contributed by atoms with E-state index in [1.165, 1.54) is 19.3 Å². The number of tetrazole rings is 1. The summed E-state index contributed by atoms with van der Waals surface area (Å²) in [6.45, 7) is 2.22. The summed E-state index contributed by atoms with van der Waals surface area (Å²) < 4.78 is 7.23. The SMILES string of the molecule is COc1ccc(N)c(-c2nnnn2C2(C)CCCCC2)c1. The Morgan fingerprint density at radius 1 is 1.24 bits per heavy atom. The normalized spacial score (nSPS) is 17.6. The fraction of sp³-hybridized carbons (Fsp3) is 0.533. The molecule has 0 amide bonds. The third-order valence-electron chi connectivity index (χ3n) is 4.41. The van der Waals surface area contributed by atoms with Crippen LogP contribution >= 0.6 is 0 Å². The molecule has 6 heteroatoms. The van der Waals surface area contributed by atoms with Crippen LogP contribution < -0.4 is 10.5 Å². The average molecular weight is 287 g/mol. The molecule has 0 spiro atoms. The highest BCUT2D eigenvalue weighted by molar-refractivity contribution is 5.73. The van der Waals surface area contributed by atoms with Crippen molar-refractivity contribution < 1.29 is 4.74 Å². The molecular weight excluding hydrogens is 266 g/mol. The van der Waals surface area contributed by atoms with Crippen molar-refractivity contribution in [3.63, 3.8) is 0 Å². The minimum absolute atomic E-state index is 0.0351. The molecule has 1 heterocycles. The minimum Gasteiger partial charge on any atom is -0.497 e. The molecule has 1 aromatic heterocycles. The van der Waals surface area contributed by atoms with Crippen molar-refractivity contribution in [2.75, 3.05) is 12.8 Å². The molecule has 0 unspecified atom stereocenters. The molecule has 21 heavy (non-hydrogen) atoms. The van der Waals surface area contributed by atoms with Crippen molar-refractivity contribution in [1.82, 2.24) is 20.2 Å². The van der Waals surface area contributed by atoms with E-state index in [1.54, 1.807) is 7.11 Å². The van der Waals surface area contributed by atoms with Crippen LogP contribution in [0.25, 0.3) is 11.4 Å². The van der Waals surface area contributed by atoms with Crippen LogP contribution in [-0.2, 0) is 5.54 Å². The van der Waals surface area contributed by atoms with Gasteiger partial charge in [0.05, 0.1) is 12.6 Å². The van der Waals surface area contributed by atoms with Crippen molar-refractivity contribution in [2.45, 2.75) is 44.6 Å². The van der Waals surface area contributed by atoms with Crippen molar-refractivity contribution >= 4 is 5.69 Å². The fourth-order valence-corrected chi connectivity index (χ4v) is 3.10. The molecule has 1 fully saturated rings. The van der Waals surface area contributed by atoms with E-state index >= 15 is 0 Å². The van der Waals surface area contributed by atoms with Crippen LogP contribution in [0.3, 0.4) is 0 Å². The zero-order chi connectivity index (χ0) is 14.9. The Labute approximate surface area is 124 Å². The van der Waals surface area contributed by atoms with E-state index in [0.29, 0.717) is 5.69 Å². The summed E-state index contributed by atoms with van der Waals surface area (Å²) in [6, 6.07) is 5.56. The van der Waals surface area contributed by atoms with Gasteiger partial charge in [0.25, 0.3) is 0 Å². The van der Waals surface area contributed by atoms with Crippen LogP contribution in [0.1, 0.15) is 39.0 Å². The lowest BCUT2D eigenvalue weighted by atomic mass is 9.83. The molecule has 6 nitrogen and oxygen atoms in total. The number of ether oxygens (including phenoxy) is 1. The van der Waals surface area contributed by atoms with E-state index in [9.17, 15) is 0 Å². The van der Waals surface area contributed by atoms with Gasteiger partial charge in [-0.3, -0.25) is 0 Å². The van der Waals surface area contributed by atoms with Gasteiger partial charge >= 0.3 is 0 Å². The molecule has 2 aromatic rings. The first-order chi connectivity index (χ1) is 10.1. The number of hydrogen-bond donors (Lipinski definition) is 1. The molecule has 0 bridgehead atoms. The molecule has 3 rings (SSSR count). The van der Waals surface area contributed by atoms with Gasteiger partial charge in [-0.2, -0.15) is 0 Å². The minimum atomic E-state index is -0.0351. The second-order valence-corrected chi connectivity index (χ2v) is 5.93. The molecule has 0 aliphatic heterocycles. The first-order valence-electron chi connectivity index (χ1n) is 7.37. The lowest BCUT2D eigenvalue weighted by Gasteiger charge is -2.34. The Kier molecular flexibility index (Phi) is 3.53. The Hall–Kier alpha value is -2.11. The standard InChI is InChI=1S/C15H21N5O/c1-15(8-4-3-5-9-15)20-14(17-18-19-20)12-10-11(21-2)6-7-13(12)16/h6-7,10H,3-5,8-9,16H2,1-2H3. The molecule has 1 aliphatic carbocycles. The zero-order valence-electron chi connectivity index (χ0n) is 12.5. The highest BCUT2D eigenvalue weighted by Gasteiger charge is 2.33. The van der Waals surface area contributed by atoms with Crippen LogP contribution in [-0.4, -0.2) is 27.3 Å². The van der Waals surface area contributed by atoms with E-state index < -0.39 is 0 Å². The van der Waals surface area contributed by atoms with Gasteiger partial charge in [0.1, 0.15) is 5.75 Å². The zero-order valence-corrected chi connectivity index (χ0v) is 12.5. The summed E-state index contributed by atoms with van der Waals surface area (Å²) in [5.74, 6) is 1.47. The van der Waals surface area contributed by atoms with Crippen LogP contribution in [0.15, 0.2) is 18.2 Å². The number of aromatic nitrogens is 4. The monoisotopic (exact) mass is 287 g/mol. The number of rotatable bonds is 3. The first-order valence-corrected chi connectivity index (χ1v) is 7.37.